The van der Waals surface area contributed by atoms with Gasteiger partial charge in [0.1, 0.15) is 0 Å². The van der Waals surface area contributed by atoms with Crippen LogP contribution in [0.5, 0.6) is 0 Å². The van der Waals surface area contributed by atoms with Crippen molar-refractivity contribution in [3.63, 3.8) is 0 Å². The topological polar surface area (TPSA) is 0 Å². The largest absolute Gasteiger partial charge is 0.357 e. The summed E-state index contributed by atoms with van der Waals surface area (Å²) in [5.41, 5.74) is 0. The van der Waals surface area contributed by atoms with Crippen LogP contribution in [0.1, 0.15) is 0 Å². The second-order valence-electron chi connectivity index (χ2n) is 2.88. The summed E-state index contributed by atoms with van der Waals surface area (Å²) in [7, 11) is 15.0. The fourth-order valence-electron chi connectivity index (χ4n) is 1.08. The van der Waals surface area contributed by atoms with Crippen LogP contribution in [0.3, 0.4) is 0 Å². The predicted molar refractivity (Wildman–Crippen MR) is 73.6 cm³/mol. The SMILES string of the molecule is [Cl][Sb]([Cl])[Cl].c1ccc([I+]c2ccccc2)cc1. The average molecular weight is 509 g/mol. The van der Waals surface area contributed by atoms with Crippen LogP contribution >= 0.6 is 26.5 Å². The maximum atomic E-state index is 4.99. The molecule has 2 aromatic carbocycles. The first-order valence-electron chi connectivity index (χ1n) is 4.71. The van der Waals surface area contributed by atoms with Crippen LogP contribution in [0.25, 0.3) is 0 Å². The normalized spacial score (nSPS) is 9.65. The minimum atomic E-state index is -2.03. The first-order chi connectivity index (χ1) is 8.18. The predicted octanol–water partition coefficient (Wildman–Crippen LogP) is 1.50. The molecule has 0 aromatic heterocycles. The fourth-order valence-corrected chi connectivity index (χ4v) is 3.35. The van der Waals surface area contributed by atoms with Crippen molar-refractivity contribution in [2.24, 2.45) is 0 Å². The number of hydrogen-bond acceptors (Lipinski definition) is 0. The van der Waals surface area contributed by atoms with Gasteiger partial charge in [0.15, 0.2) is 7.14 Å². The molecule has 0 aliphatic carbocycles. The molecule has 2 rings (SSSR count). The van der Waals surface area contributed by atoms with Crippen molar-refractivity contribution in [2.75, 3.05) is 0 Å². The summed E-state index contributed by atoms with van der Waals surface area (Å²) >= 11 is -2.00. The molecule has 0 amide bonds. The molecular weight excluding hydrogens is 499 g/mol. The summed E-state index contributed by atoms with van der Waals surface area (Å²) in [4.78, 5) is 0. The molecule has 0 aliphatic heterocycles. The first kappa shape index (κ1) is 15.9. The molecule has 17 heavy (non-hydrogen) atoms. The number of hydrogen-bond donors (Lipinski definition) is 0. The zero-order valence-corrected chi connectivity index (χ0v) is 15.7. The van der Waals surface area contributed by atoms with Crippen molar-refractivity contribution < 1.29 is 21.2 Å². The van der Waals surface area contributed by atoms with Crippen LogP contribution in [-0.2, 0) is 0 Å². The van der Waals surface area contributed by atoms with Crippen molar-refractivity contribution in [1.82, 2.24) is 0 Å². The summed E-state index contributed by atoms with van der Waals surface area (Å²) in [5.74, 6) is 0. The van der Waals surface area contributed by atoms with Gasteiger partial charge in [-0.3, -0.25) is 0 Å². The van der Waals surface area contributed by atoms with E-state index in [1.165, 1.54) is 7.14 Å². The maximum Gasteiger partial charge on any atom is 0.357 e. The molecule has 0 N–H and O–H groups in total. The van der Waals surface area contributed by atoms with E-state index in [-0.39, 0.29) is 21.2 Å². The molecule has 0 fully saturated rings. The van der Waals surface area contributed by atoms with Crippen LogP contribution < -0.4 is 21.2 Å². The van der Waals surface area contributed by atoms with Gasteiger partial charge in [-0.15, -0.1) is 0 Å². The Kier molecular flexibility index (Phi) is 9.12. The average Bonchev–Trinajstić information content (AvgIpc) is 2.31. The zero-order valence-electron chi connectivity index (χ0n) is 8.73. The zero-order chi connectivity index (χ0) is 12.5. The quantitative estimate of drug-likeness (QED) is 0.426. The van der Waals surface area contributed by atoms with Gasteiger partial charge in [0, 0.05) is 0 Å². The molecule has 0 radical (unpaired) electrons. The molecule has 0 saturated heterocycles. The molecule has 0 bridgehead atoms. The van der Waals surface area contributed by atoms with E-state index in [0.717, 1.165) is 0 Å². The third-order valence-corrected chi connectivity index (χ3v) is 4.37. The van der Waals surface area contributed by atoms with Crippen LogP contribution in [-0.4, -0.2) is 16.8 Å². The van der Waals surface area contributed by atoms with Gasteiger partial charge < -0.3 is 0 Å². The van der Waals surface area contributed by atoms with Crippen LogP contribution in [0.15, 0.2) is 60.7 Å². The number of halogens is 4. The molecule has 0 unspecified atom stereocenters. The standard InChI is InChI=1S/C12H10I.3ClH.Sb/c1-3-7-11(8-4-1)13-12-9-5-2-6-10-12;;;;/h1-10H;3*1H;/q+1;;;;+3/p-3. The number of benzene rings is 2. The van der Waals surface area contributed by atoms with E-state index >= 15 is 0 Å². The maximum absolute atomic E-state index is 4.99. The van der Waals surface area contributed by atoms with Crippen molar-refractivity contribution >= 4 is 43.3 Å². The van der Waals surface area contributed by atoms with Gasteiger partial charge in [-0.1, -0.05) is 36.4 Å². The Morgan fingerprint density at radius 3 is 1.24 bits per heavy atom. The molecule has 0 atom stereocenters. The van der Waals surface area contributed by atoms with Gasteiger partial charge in [0.25, 0.3) is 0 Å². The first-order valence-corrected chi connectivity index (χ1v) is 16.6. The minimum absolute atomic E-state index is 0.0287. The fraction of sp³-hybridized carbons (Fsp3) is 0. The molecule has 0 aliphatic rings. The second kappa shape index (κ2) is 9.74. The Morgan fingerprint density at radius 2 is 0.941 bits per heavy atom. The van der Waals surface area contributed by atoms with Gasteiger partial charge in [-0.2, -0.15) is 0 Å². The van der Waals surface area contributed by atoms with Crippen molar-refractivity contribution in [3.05, 3.63) is 67.8 Å². The van der Waals surface area contributed by atoms with E-state index in [0.29, 0.717) is 0 Å². The van der Waals surface area contributed by atoms with E-state index < -0.39 is 16.8 Å². The van der Waals surface area contributed by atoms with Gasteiger partial charge in [0.05, 0.1) is 0 Å². The van der Waals surface area contributed by atoms with E-state index in [9.17, 15) is 0 Å². The summed E-state index contributed by atoms with van der Waals surface area (Å²) in [6, 6.07) is 21.4. The molecule has 0 heterocycles. The third kappa shape index (κ3) is 8.55. The summed E-state index contributed by atoms with van der Waals surface area (Å²) in [6.45, 7) is 0. The van der Waals surface area contributed by atoms with Crippen molar-refractivity contribution in [2.45, 2.75) is 0 Å². The van der Waals surface area contributed by atoms with Crippen LogP contribution in [0.2, 0.25) is 0 Å². The van der Waals surface area contributed by atoms with Crippen molar-refractivity contribution in [1.29, 1.82) is 0 Å². The summed E-state index contributed by atoms with van der Waals surface area (Å²) < 4.78 is 2.96. The van der Waals surface area contributed by atoms with Gasteiger partial charge in [-0.25, -0.2) is 0 Å². The Bertz CT molecular complexity index is 368. The Balaban J connectivity index is 0.000000317. The summed E-state index contributed by atoms with van der Waals surface area (Å²) in [5, 5.41) is 0. The molecular formula is C12H10Cl3ISb+. The van der Waals surface area contributed by atoms with Gasteiger partial charge in [0.2, 0.25) is 0 Å². The van der Waals surface area contributed by atoms with E-state index in [1.807, 2.05) is 0 Å². The Hall–Kier alpha value is 0.858. The molecule has 0 spiro atoms. The minimum Gasteiger partial charge on any atom is -0.0619 e. The monoisotopic (exact) mass is 507 g/mol. The third-order valence-electron chi connectivity index (χ3n) is 1.68. The Labute approximate surface area is 131 Å². The van der Waals surface area contributed by atoms with Crippen LogP contribution in [0.4, 0.5) is 0 Å². The van der Waals surface area contributed by atoms with Gasteiger partial charge in [-0.05, 0) is 24.3 Å². The Morgan fingerprint density at radius 1 is 0.647 bits per heavy atom. The van der Waals surface area contributed by atoms with E-state index in [1.54, 1.807) is 0 Å². The smallest absolute Gasteiger partial charge is 0.0619 e. The summed E-state index contributed by atoms with van der Waals surface area (Å²) in [6.07, 6.45) is 0. The molecule has 90 valence electrons. The molecule has 5 heteroatoms. The molecule has 2 aromatic rings. The van der Waals surface area contributed by atoms with E-state index in [4.69, 9.17) is 26.5 Å². The van der Waals surface area contributed by atoms with Crippen molar-refractivity contribution in [3.8, 4) is 0 Å². The number of rotatable bonds is 2. The van der Waals surface area contributed by atoms with Gasteiger partial charge >= 0.3 is 64.5 Å². The molecule has 0 nitrogen and oxygen atoms in total. The van der Waals surface area contributed by atoms with E-state index in [2.05, 4.69) is 60.7 Å². The molecule has 0 saturated carbocycles. The second-order valence-corrected chi connectivity index (χ2v) is 17.3. The van der Waals surface area contributed by atoms with Crippen LogP contribution in [0, 0.1) is 7.14 Å².